The first-order valence-electron chi connectivity index (χ1n) is 6.65. The van der Waals surface area contributed by atoms with Gasteiger partial charge in [-0.3, -0.25) is 4.79 Å². The van der Waals surface area contributed by atoms with Crippen LogP contribution in [0, 0.1) is 5.92 Å². The van der Waals surface area contributed by atoms with Crippen LogP contribution in [0.2, 0.25) is 0 Å². The number of amides is 1. The zero-order valence-electron chi connectivity index (χ0n) is 11.6. The van der Waals surface area contributed by atoms with Crippen molar-refractivity contribution in [3.05, 3.63) is 35.9 Å². The molecule has 0 fully saturated rings. The molecule has 0 saturated heterocycles. The SMILES string of the molecule is CC(C)C(CCO)NC(=O)CSCc1ccccc1. The summed E-state index contributed by atoms with van der Waals surface area (Å²) in [5.74, 6) is 1.70. The second-order valence-corrected chi connectivity index (χ2v) is 5.89. The maximum atomic E-state index is 11.8. The molecule has 3 nitrogen and oxygen atoms in total. The third-order valence-corrected chi connectivity index (χ3v) is 3.94. The van der Waals surface area contributed by atoms with Crippen LogP contribution >= 0.6 is 11.8 Å². The molecule has 0 aliphatic rings. The van der Waals surface area contributed by atoms with Crippen molar-refractivity contribution >= 4 is 17.7 Å². The van der Waals surface area contributed by atoms with Crippen molar-refractivity contribution in [3.63, 3.8) is 0 Å². The molecule has 1 unspecified atom stereocenters. The number of aliphatic hydroxyl groups excluding tert-OH is 1. The van der Waals surface area contributed by atoms with Crippen LogP contribution in [0.5, 0.6) is 0 Å². The minimum Gasteiger partial charge on any atom is -0.396 e. The van der Waals surface area contributed by atoms with Gasteiger partial charge >= 0.3 is 0 Å². The molecule has 1 amide bonds. The van der Waals surface area contributed by atoms with Gasteiger partial charge in [0.15, 0.2) is 0 Å². The van der Waals surface area contributed by atoms with Gasteiger partial charge in [0.05, 0.1) is 5.75 Å². The Morgan fingerprint density at radius 1 is 1.32 bits per heavy atom. The molecule has 0 spiro atoms. The molecule has 0 saturated carbocycles. The van der Waals surface area contributed by atoms with Crippen LogP contribution in [0.15, 0.2) is 30.3 Å². The quantitative estimate of drug-likeness (QED) is 0.769. The monoisotopic (exact) mass is 281 g/mol. The normalized spacial score (nSPS) is 12.4. The summed E-state index contributed by atoms with van der Waals surface area (Å²) in [6.45, 7) is 4.22. The van der Waals surface area contributed by atoms with E-state index in [4.69, 9.17) is 5.11 Å². The van der Waals surface area contributed by atoms with E-state index < -0.39 is 0 Å². The lowest BCUT2D eigenvalue weighted by Crippen LogP contribution is -2.40. The minimum absolute atomic E-state index is 0.0491. The summed E-state index contributed by atoms with van der Waals surface area (Å²) < 4.78 is 0. The van der Waals surface area contributed by atoms with Crippen LogP contribution in [0.25, 0.3) is 0 Å². The van der Waals surface area contributed by atoms with E-state index in [1.54, 1.807) is 11.8 Å². The number of benzene rings is 1. The molecule has 0 radical (unpaired) electrons. The number of carbonyl (C=O) groups excluding carboxylic acids is 1. The minimum atomic E-state index is 0.0491. The molecule has 0 aliphatic heterocycles. The van der Waals surface area contributed by atoms with Gasteiger partial charge in [0.1, 0.15) is 0 Å². The number of thioether (sulfide) groups is 1. The molecule has 1 aromatic rings. The number of rotatable bonds is 8. The van der Waals surface area contributed by atoms with Crippen LogP contribution in [0.4, 0.5) is 0 Å². The molecule has 0 aromatic heterocycles. The summed E-state index contributed by atoms with van der Waals surface area (Å²) >= 11 is 1.61. The van der Waals surface area contributed by atoms with Gasteiger partial charge in [-0.25, -0.2) is 0 Å². The Balaban J connectivity index is 2.27. The van der Waals surface area contributed by atoms with Gasteiger partial charge in [0.2, 0.25) is 5.91 Å². The second kappa shape index (κ2) is 8.99. The number of aliphatic hydroxyl groups is 1. The Bertz CT molecular complexity index is 368. The Hall–Kier alpha value is -1.00. The summed E-state index contributed by atoms with van der Waals surface area (Å²) in [4.78, 5) is 11.8. The highest BCUT2D eigenvalue weighted by atomic mass is 32.2. The van der Waals surface area contributed by atoms with Crippen LogP contribution in [-0.4, -0.2) is 29.4 Å². The van der Waals surface area contributed by atoms with Crippen molar-refractivity contribution in [2.75, 3.05) is 12.4 Å². The molecule has 106 valence electrons. The summed E-state index contributed by atoms with van der Waals surface area (Å²) in [5.41, 5.74) is 1.23. The molecule has 0 bridgehead atoms. The predicted molar refractivity (Wildman–Crippen MR) is 81.1 cm³/mol. The second-order valence-electron chi connectivity index (χ2n) is 4.91. The summed E-state index contributed by atoms with van der Waals surface area (Å²) in [7, 11) is 0. The van der Waals surface area contributed by atoms with Gasteiger partial charge in [-0.05, 0) is 17.9 Å². The third-order valence-electron chi connectivity index (χ3n) is 2.94. The van der Waals surface area contributed by atoms with Crippen molar-refractivity contribution in [2.24, 2.45) is 5.92 Å². The average Bonchev–Trinajstić information content (AvgIpc) is 2.39. The Morgan fingerprint density at radius 2 is 2.00 bits per heavy atom. The Kier molecular flexibility index (Phi) is 7.60. The van der Waals surface area contributed by atoms with E-state index in [1.807, 2.05) is 18.2 Å². The van der Waals surface area contributed by atoms with Crippen LogP contribution in [-0.2, 0) is 10.5 Å². The number of hydrogen-bond acceptors (Lipinski definition) is 3. The van der Waals surface area contributed by atoms with Crippen LogP contribution in [0.3, 0.4) is 0 Å². The number of hydrogen-bond donors (Lipinski definition) is 2. The van der Waals surface area contributed by atoms with E-state index in [0.29, 0.717) is 18.1 Å². The molecule has 0 heterocycles. The topological polar surface area (TPSA) is 49.3 Å². The van der Waals surface area contributed by atoms with E-state index in [-0.39, 0.29) is 18.6 Å². The Labute approximate surface area is 119 Å². The molecular formula is C15H23NO2S. The summed E-state index contributed by atoms with van der Waals surface area (Å²) in [6.07, 6.45) is 0.618. The fourth-order valence-corrected chi connectivity index (χ4v) is 2.59. The van der Waals surface area contributed by atoms with Gasteiger partial charge in [0, 0.05) is 18.4 Å². The first kappa shape index (κ1) is 16.1. The van der Waals surface area contributed by atoms with E-state index in [9.17, 15) is 4.79 Å². The largest absolute Gasteiger partial charge is 0.396 e. The standard InChI is InChI=1S/C15H23NO2S/c1-12(2)14(8-9-17)16-15(18)11-19-10-13-6-4-3-5-7-13/h3-7,12,14,17H,8-11H2,1-2H3,(H,16,18). The smallest absolute Gasteiger partial charge is 0.230 e. The fourth-order valence-electron chi connectivity index (χ4n) is 1.80. The zero-order chi connectivity index (χ0) is 14.1. The molecule has 2 N–H and O–H groups in total. The highest BCUT2D eigenvalue weighted by Gasteiger charge is 2.15. The van der Waals surface area contributed by atoms with Gasteiger partial charge in [-0.2, -0.15) is 0 Å². The average molecular weight is 281 g/mol. The van der Waals surface area contributed by atoms with Gasteiger partial charge in [-0.1, -0.05) is 44.2 Å². The maximum absolute atomic E-state index is 11.8. The number of carbonyl (C=O) groups is 1. The molecule has 4 heteroatoms. The Morgan fingerprint density at radius 3 is 2.58 bits per heavy atom. The molecule has 19 heavy (non-hydrogen) atoms. The maximum Gasteiger partial charge on any atom is 0.230 e. The molecule has 0 aliphatic carbocycles. The highest BCUT2D eigenvalue weighted by Crippen LogP contribution is 2.12. The van der Waals surface area contributed by atoms with Crippen molar-refractivity contribution in [3.8, 4) is 0 Å². The van der Waals surface area contributed by atoms with E-state index in [2.05, 4.69) is 31.3 Å². The first-order chi connectivity index (χ1) is 9.13. The van der Waals surface area contributed by atoms with Crippen molar-refractivity contribution < 1.29 is 9.90 Å². The first-order valence-corrected chi connectivity index (χ1v) is 7.81. The van der Waals surface area contributed by atoms with Gasteiger partial charge in [-0.15, -0.1) is 11.8 Å². The predicted octanol–water partition coefficient (Wildman–Crippen LogP) is 2.44. The lowest BCUT2D eigenvalue weighted by molar-refractivity contribution is -0.119. The van der Waals surface area contributed by atoms with Gasteiger partial charge in [0.25, 0.3) is 0 Å². The van der Waals surface area contributed by atoms with Crippen LogP contribution in [0.1, 0.15) is 25.8 Å². The lowest BCUT2D eigenvalue weighted by Gasteiger charge is -2.21. The van der Waals surface area contributed by atoms with E-state index in [0.717, 1.165) is 5.75 Å². The summed E-state index contributed by atoms with van der Waals surface area (Å²) in [6, 6.07) is 10.2. The van der Waals surface area contributed by atoms with Crippen molar-refractivity contribution in [1.82, 2.24) is 5.32 Å². The molecule has 1 rings (SSSR count). The molecular weight excluding hydrogens is 258 g/mol. The molecule has 1 atom stereocenters. The summed E-state index contributed by atoms with van der Waals surface area (Å²) in [5, 5.41) is 12.0. The fraction of sp³-hybridized carbons (Fsp3) is 0.533. The van der Waals surface area contributed by atoms with Crippen molar-refractivity contribution in [2.45, 2.75) is 32.1 Å². The highest BCUT2D eigenvalue weighted by molar-refractivity contribution is 7.99. The number of nitrogens with one attached hydrogen (secondary N) is 1. The third kappa shape index (κ3) is 6.64. The molecule has 1 aromatic carbocycles. The lowest BCUT2D eigenvalue weighted by atomic mass is 10.0. The zero-order valence-corrected chi connectivity index (χ0v) is 12.5. The van der Waals surface area contributed by atoms with Crippen molar-refractivity contribution in [1.29, 1.82) is 0 Å². The van der Waals surface area contributed by atoms with E-state index >= 15 is 0 Å². The van der Waals surface area contributed by atoms with Gasteiger partial charge < -0.3 is 10.4 Å². The van der Waals surface area contributed by atoms with Crippen LogP contribution < -0.4 is 5.32 Å². The van der Waals surface area contributed by atoms with E-state index in [1.165, 1.54) is 5.56 Å².